The van der Waals surface area contributed by atoms with E-state index in [1.54, 1.807) is 12.3 Å². The van der Waals surface area contributed by atoms with E-state index in [9.17, 15) is 4.79 Å². The normalized spacial score (nSPS) is 22.1. The van der Waals surface area contributed by atoms with Crippen molar-refractivity contribution < 1.29 is 23.4 Å². The summed E-state index contributed by atoms with van der Waals surface area (Å²) < 4.78 is 20.8. The van der Waals surface area contributed by atoms with Crippen molar-refractivity contribution in [1.29, 1.82) is 0 Å². The molecule has 2 atom stereocenters. The molecule has 7 nitrogen and oxygen atoms in total. The molecule has 1 aromatic heterocycles. The minimum atomic E-state index is -0.657. The predicted octanol–water partition coefficient (Wildman–Crippen LogP) is 0.506. The summed E-state index contributed by atoms with van der Waals surface area (Å²) in [6.45, 7) is 2.21. The molecule has 0 aromatic carbocycles. The number of furan rings is 1. The number of hydrogen-bond donors (Lipinski definition) is 2. The Morgan fingerprint density at radius 2 is 2.35 bits per heavy atom. The second kappa shape index (κ2) is 7.22. The number of carbonyl (C=O) groups is 1. The molecule has 0 bridgehead atoms. The van der Waals surface area contributed by atoms with Crippen LogP contribution in [0.5, 0.6) is 0 Å². The van der Waals surface area contributed by atoms with Gasteiger partial charge in [0.05, 0.1) is 19.4 Å². The Hall–Kier alpha value is -1.64. The zero-order valence-electron chi connectivity index (χ0n) is 11.0. The molecule has 1 saturated heterocycles. The van der Waals surface area contributed by atoms with Crippen LogP contribution in [0.15, 0.2) is 22.8 Å². The van der Waals surface area contributed by atoms with E-state index in [0.29, 0.717) is 11.7 Å². The van der Waals surface area contributed by atoms with E-state index >= 15 is 0 Å². The molecule has 20 heavy (non-hydrogen) atoms. The number of hydrogen-bond acceptors (Lipinski definition) is 6. The van der Waals surface area contributed by atoms with Crippen molar-refractivity contribution >= 4 is 23.3 Å². The first-order valence-corrected chi connectivity index (χ1v) is 6.51. The summed E-state index contributed by atoms with van der Waals surface area (Å²) in [6.07, 6.45) is 0.564. The van der Waals surface area contributed by atoms with E-state index in [1.165, 1.54) is 6.92 Å². The highest BCUT2D eigenvalue weighted by atomic mass is 32.1. The standard InChI is InChI=1S/C12H16N2O5S/c1-8(15)19-11-7-17-10(6-18-11)14-12(20)13-5-9-3-2-4-16-9/h2-4,10-11H,5-7H2,1H3,(H2,13,14,20)/t10-,11-/m1/s1. The van der Waals surface area contributed by atoms with Crippen LogP contribution in [0, 0.1) is 0 Å². The zero-order chi connectivity index (χ0) is 14.4. The van der Waals surface area contributed by atoms with Crippen molar-refractivity contribution in [3.63, 3.8) is 0 Å². The molecule has 0 radical (unpaired) electrons. The second-order valence-corrected chi connectivity index (χ2v) is 4.51. The molecule has 0 amide bonds. The number of rotatable bonds is 4. The van der Waals surface area contributed by atoms with Gasteiger partial charge in [-0.3, -0.25) is 4.79 Å². The Kier molecular flexibility index (Phi) is 5.33. The van der Waals surface area contributed by atoms with Gasteiger partial charge in [0, 0.05) is 6.92 Å². The highest BCUT2D eigenvalue weighted by Gasteiger charge is 2.24. The maximum absolute atomic E-state index is 10.8. The predicted molar refractivity (Wildman–Crippen MR) is 72.5 cm³/mol. The molecule has 0 aliphatic carbocycles. The average molecular weight is 300 g/mol. The highest BCUT2D eigenvalue weighted by molar-refractivity contribution is 7.80. The van der Waals surface area contributed by atoms with E-state index in [0.717, 1.165) is 5.76 Å². The fraction of sp³-hybridized carbons (Fsp3) is 0.500. The lowest BCUT2D eigenvalue weighted by Crippen LogP contribution is -2.50. The van der Waals surface area contributed by atoms with Gasteiger partial charge in [-0.05, 0) is 24.4 Å². The van der Waals surface area contributed by atoms with E-state index in [1.807, 2.05) is 6.07 Å². The van der Waals surface area contributed by atoms with Gasteiger partial charge in [-0.25, -0.2) is 0 Å². The van der Waals surface area contributed by atoms with E-state index in [2.05, 4.69) is 10.6 Å². The number of nitrogens with one attached hydrogen (secondary N) is 2. The molecule has 2 heterocycles. The summed E-state index contributed by atoms with van der Waals surface area (Å²) in [6, 6.07) is 3.65. The summed E-state index contributed by atoms with van der Waals surface area (Å²) in [4.78, 5) is 10.8. The van der Waals surface area contributed by atoms with Crippen LogP contribution in [0.2, 0.25) is 0 Å². The molecule has 1 aliphatic rings. The molecular formula is C12H16N2O5S. The van der Waals surface area contributed by atoms with Crippen molar-refractivity contribution in [3.05, 3.63) is 24.2 Å². The van der Waals surface area contributed by atoms with Gasteiger partial charge in [0.25, 0.3) is 0 Å². The zero-order valence-corrected chi connectivity index (χ0v) is 11.8. The lowest BCUT2D eigenvalue weighted by molar-refractivity contribution is -0.232. The van der Waals surface area contributed by atoms with Crippen molar-refractivity contribution in [2.24, 2.45) is 0 Å². The molecule has 2 rings (SSSR count). The molecule has 1 aromatic rings. The van der Waals surface area contributed by atoms with Crippen LogP contribution in [0.3, 0.4) is 0 Å². The lowest BCUT2D eigenvalue weighted by Gasteiger charge is -2.29. The van der Waals surface area contributed by atoms with Crippen molar-refractivity contribution in [3.8, 4) is 0 Å². The smallest absolute Gasteiger partial charge is 0.305 e. The monoisotopic (exact) mass is 300 g/mol. The Labute approximate surface area is 121 Å². The number of carbonyl (C=O) groups excluding carboxylic acids is 1. The molecule has 0 unspecified atom stereocenters. The topological polar surface area (TPSA) is 82.0 Å². The third-order valence-corrected chi connectivity index (χ3v) is 2.72. The van der Waals surface area contributed by atoms with Crippen LogP contribution >= 0.6 is 12.2 Å². The molecule has 8 heteroatoms. The summed E-state index contributed by atoms with van der Waals surface area (Å²) in [5.41, 5.74) is 0. The van der Waals surface area contributed by atoms with Gasteiger partial charge in [-0.2, -0.15) is 0 Å². The van der Waals surface area contributed by atoms with Gasteiger partial charge >= 0.3 is 5.97 Å². The Balaban J connectivity index is 1.64. The molecule has 1 fully saturated rings. The molecule has 110 valence electrons. The molecule has 2 N–H and O–H groups in total. The molecule has 0 spiro atoms. The number of thiocarbonyl (C=S) groups is 1. The third-order valence-electron chi connectivity index (χ3n) is 2.46. The van der Waals surface area contributed by atoms with Crippen LogP contribution in [-0.4, -0.2) is 36.8 Å². The fourth-order valence-electron chi connectivity index (χ4n) is 1.60. The summed E-state index contributed by atoms with van der Waals surface area (Å²) >= 11 is 5.12. The lowest BCUT2D eigenvalue weighted by atomic mass is 10.4. The van der Waals surface area contributed by atoms with E-state index in [-0.39, 0.29) is 19.4 Å². The Morgan fingerprint density at radius 1 is 1.50 bits per heavy atom. The van der Waals surface area contributed by atoms with Crippen molar-refractivity contribution in [2.45, 2.75) is 26.0 Å². The van der Waals surface area contributed by atoms with Gasteiger partial charge in [0.1, 0.15) is 12.4 Å². The molecule has 1 aliphatic heterocycles. The van der Waals surface area contributed by atoms with Crippen LogP contribution in [-0.2, 0) is 25.5 Å². The third kappa shape index (κ3) is 4.80. The molecule has 0 saturated carbocycles. The van der Waals surface area contributed by atoms with Crippen LogP contribution in [0.25, 0.3) is 0 Å². The fourth-order valence-corrected chi connectivity index (χ4v) is 1.80. The number of esters is 1. The Morgan fingerprint density at radius 3 is 2.95 bits per heavy atom. The molecular weight excluding hydrogens is 284 g/mol. The first-order valence-electron chi connectivity index (χ1n) is 6.10. The summed E-state index contributed by atoms with van der Waals surface area (Å²) in [7, 11) is 0. The van der Waals surface area contributed by atoms with E-state index < -0.39 is 12.3 Å². The van der Waals surface area contributed by atoms with Gasteiger partial charge in [0.2, 0.25) is 6.29 Å². The highest BCUT2D eigenvalue weighted by Crippen LogP contribution is 2.07. The minimum absolute atomic E-state index is 0.165. The van der Waals surface area contributed by atoms with Gasteiger partial charge in [-0.15, -0.1) is 0 Å². The Bertz CT molecular complexity index is 443. The van der Waals surface area contributed by atoms with Crippen LogP contribution in [0.1, 0.15) is 12.7 Å². The van der Waals surface area contributed by atoms with Crippen LogP contribution in [0.4, 0.5) is 0 Å². The van der Waals surface area contributed by atoms with E-state index in [4.69, 9.17) is 30.8 Å². The first-order chi connectivity index (χ1) is 9.63. The van der Waals surface area contributed by atoms with Crippen LogP contribution < -0.4 is 10.6 Å². The minimum Gasteiger partial charge on any atom is -0.467 e. The average Bonchev–Trinajstić information content (AvgIpc) is 2.91. The largest absolute Gasteiger partial charge is 0.467 e. The van der Waals surface area contributed by atoms with Gasteiger partial charge < -0.3 is 29.3 Å². The van der Waals surface area contributed by atoms with Gasteiger partial charge in [0.15, 0.2) is 11.3 Å². The maximum atomic E-state index is 10.8. The summed E-state index contributed by atoms with van der Waals surface area (Å²) in [5, 5.41) is 6.36. The quantitative estimate of drug-likeness (QED) is 0.615. The first kappa shape index (κ1) is 14.8. The second-order valence-electron chi connectivity index (χ2n) is 4.10. The van der Waals surface area contributed by atoms with Crippen molar-refractivity contribution in [2.75, 3.05) is 13.2 Å². The summed E-state index contributed by atoms with van der Waals surface area (Å²) in [5.74, 6) is 0.380. The van der Waals surface area contributed by atoms with Gasteiger partial charge in [-0.1, -0.05) is 0 Å². The maximum Gasteiger partial charge on any atom is 0.305 e. The van der Waals surface area contributed by atoms with Crippen molar-refractivity contribution in [1.82, 2.24) is 10.6 Å². The number of ether oxygens (including phenoxy) is 3. The SMILES string of the molecule is CC(=O)O[C@@H]1CO[C@@H](NC(=S)NCc2ccco2)CO1.